The summed E-state index contributed by atoms with van der Waals surface area (Å²) in [5, 5.41) is 6.27. The zero-order valence-corrected chi connectivity index (χ0v) is 19.6. The van der Waals surface area contributed by atoms with Crippen molar-refractivity contribution in [3.8, 4) is 0 Å². The zero-order valence-electron chi connectivity index (χ0n) is 19.6. The van der Waals surface area contributed by atoms with E-state index in [1.807, 2.05) is 13.1 Å². The van der Waals surface area contributed by atoms with Gasteiger partial charge in [0.15, 0.2) is 0 Å². The molecule has 6 nitrogen and oxygen atoms in total. The van der Waals surface area contributed by atoms with Crippen LogP contribution in [0.3, 0.4) is 0 Å². The highest BCUT2D eigenvalue weighted by Gasteiger charge is 2.47. The van der Waals surface area contributed by atoms with E-state index in [0.717, 1.165) is 43.0 Å². The van der Waals surface area contributed by atoms with Crippen LogP contribution in [-0.2, 0) is 19.5 Å². The summed E-state index contributed by atoms with van der Waals surface area (Å²) in [6.45, 7) is 9.31. The quantitative estimate of drug-likeness (QED) is 0.668. The van der Waals surface area contributed by atoms with Crippen molar-refractivity contribution < 1.29 is 0 Å². The Morgan fingerprint density at radius 1 is 1.03 bits per heavy atom. The van der Waals surface area contributed by atoms with Gasteiger partial charge in [-0.1, -0.05) is 0 Å². The number of anilines is 1. The van der Waals surface area contributed by atoms with Gasteiger partial charge in [-0.25, -0.2) is 0 Å². The molecule has 7 rings (SSSR count). The average molecular weight is 431 g/mol. The largest absolute Gasteiger partial charge is 0.366 e. The maximum atomic E-state index is 6.56. The van der Waals surface area contributed by atoms with Crippen molar-refractivity contribution in [1.82, 2.24) is 19.7 Å². The first-order valence-corrected chi connectivity index (χ1v) is 12.2. The highest BCUT2D eigenvalue weighted by atomic mass is 15.3. The number of fused-ring (bicyclic) bond motifs is 5. The predicted octanol–water partition coefficient (Wildman–Crippen LogP) is 4.37. The molecule has 2 N–H and O–H groups in total. The number of hydrogen-bond acceptors (Lipinski definition) is 5. The van der Waals surface area contributed by atoms with Gasteiger partial charge in [-0.2, -0.15) is 5.10 Å². The van der Waals surface area contributed by atoms with Crippen molar-refractivity contribution in [3.05, 3.63) is 46.7 Å². The minimum absolute atomic E-state index is 0.126. The van der Waals surface area contributed by atoms with Crippen LogP contribution in [0.25, 0.3) is 10.9 Å². The Morgan fingerprint density at radius 2 is 1.78 bits per heavy atom. The third kappa shape index (κ3) is 3.14. The van der Waals surface area contributed by atoms with E-state index < -0.39 is 0 Å². The molecule has 1 aliphatic heterocycles. The molecule has 0 spiro atoms. The highest BCUT2D eigenvalue weighted by Crippen LogP contribution is 2.52. The molecule has 0 aromatic carbocycles. The van der Waals surface area contributed by atoms with Gasteiger partial charge in [0.1, 0.15) is 0 Å². The summed E-state index contributed by atoms with van der Waals surface area (Å²) in [5.41, 5.74) is 15.5. The molecule has 4 heterocycles. The van der Waals surface area contributed by atoms with Crippen molar-refractivity contribution in [1.29, 1.82) is 0 Å². The van der Waals surface area contributed by atoms with E-state index in [1.165, 1.54) is 66.5 Å². The number of nitrogens with zero attached hydrogens (tertiary/aromatic N) is 5. The molecular weight excluding hydrogens is 396 g/mol. The lowest BCUT2D eigenvalue weighted by Crippen LogP contribution is -2.53. The molecule has 0 atom stereocenters. The normalized spacial score (nSPS) is 27.2. The Balaban J connectivity index is 1.31. The van der Waals surface area contributed by atoms with Gasteiger partial charge >= 0.3 is 0 Å². The fourth-order valence-electron chi connectivity index (χ4n) is 6.50. The lowest BCUT2D eigenvalue weighted by Gasteiger charge is -2.52. The molecule has 0 amide bonds. The summed E-state index contributed by atoms with van der Waals surface area (Å²) in [5.74, 6) is 0. The van der Waals surface area contributed by atoms with Crippen LogP contribution < -0.4 is 10.6 Å². The molecule has 3 aromatic rings. The molecule has 3 aromatic heterocycles. The minimum atomic E-state index is 0.126. The van der Waals surface area contributed by atoms with E-state index in [1.54, 1.807) is 0 Å². The predicted molar refractivity (Wildman–Crippen MR) is 128 cm³/mol. The van der Waals surface area contributed by atoms with Crippen molar-refractivity contribution in [2.45, 2.75) is 84.3 Å². The molecule has 0 radical (unpaired) electrons. The Hall–Kier alpha value is -2.47. The fraction of sp³-hybridized carbons (Fsp3) is 0.577. The van der Waals surface area contributed by atoms with Gasteiger partial charge in [0.2, 0.25) is 0 Å². The first-order valence-electron chi connectivity index (χ1n) is 12.2. The fourth-order valence-corrected chi connectivity index (χ4v) is 6.50. The van der Waals surface area contributed by atoms with E-state index >= 15 is 0 Å². The SMILES string of the molecule is Cc1cc(N2CCc3c(c(C)nn3CC34CCC(N)(CC3)CC4)C2)c2ccnc(C)c2n1. The standard InChI is InChI=1S/C26H34N6/c1-17-14-23(20-4-12-28-19(3)24(20)29-17)31-13-5-22-21(15-31)18(2)30-32(22)16-25-6-9-26(27,10-7-25)11-8-25/h4,12,14H,5-11,13,15-16,27H2,1-3H3. The van der Waals surface area contributed by atoms with Crippen molar-refractivity contribution in [3.63, 3.8) is 0 Å². The molecule has 3 fully saturated rings. The van der Waals surface area contributed by atoms with Crippen LogP contribution in [0, 0.1) is 26.2 Å². The van der Waals surface area contributed by atoms with E-state index in [2.05, 4.69) is 40.5 Å². The molecule has 3 aliphatic carbocycles. The van der Waals surface area contributed by atoms with Gasteiger partial charge in [0, 0.05) is 65.8 Å². The van der Waals surface area contributed by atoms with Crippen molar-refractivity contribution in [2.75, 3.05) is 11.4 Å². The topological polar surface area (TPSA) is 72.9 Å². The van der Waals surface area contributed by atoms with Crippen LogP contribution in [0.4, 0.5) is 5.69 Å². The summed E-state index contributed by atoms with van der Waals surface area (Å²) in [4.78, 5) is 11.8. The summed E-state index contributed by atoms with van der Waals surface area (Å²) in [6, 6.07) is 4.34. The molecular formula is C26H34N6. The molecule has 2 bridgehead atoms. The van der Waals surface area contributed by atoms with Crippen LogP contribution in [0.2, 0.25) is 0 Å². The van der Waals surface area contributed by atoms with Gasteiger partial charge in [-0.05, 0) is 76.8 Å². The maximum Gasteiger partial charge on any atom is 0.0938 e. The van der Waals surface area contributed by atoms with Crippen LogP contribution in [-0.4, -0.2) is 31.8 Å². The third-order valence-corrected chi connectivity index (χ3v) is 8.64. The molecule has 3 saturated carbocycles. The lowest BCUT2D eigenvalue weighted by molar-refractivity contribution is 0.0263. The Bertz CT molecular complexity index is 1180. The van der Waals surface area contributed by atoms with Gasteiger partial charge in [0.25, 0.3) is 0 Å². The van der Waals surface area contributed by atoms with Gasteiger partial charge in [0.05, 0.1) is 16.9 Å². The monoisotopic (exact) mass is 430 g/mol. The minimum Gasteiger partial charge on any atom is -0.366 e. The zero-order chi connectivity index (χ0) is 22.1. The van der Waals surface area contributed by atoms with Crippen LogP contribution in [0.15, 0.2) is 18.3 Å². The smallest absolute Gasteiger partial charge is 0.0938 e. The van der Waals surface area contributed by atoms with E-state index in [4.69, 9.17) is 15.8 Å². The molecule has 0 unspecified atom stereocenters. The first-order chi connectivity index (χ1) is 15.3. The number of aromatic nitrogens is 4. The second-order valence-electron chi connectivity index (χ2n) is 10.8. The Kier molecular flexibility index (Phi) is 4.42. The summed E-state index contributed by atoms with van der Waals surface area (Å²) in [7, 11) is 0. The third-order valence-electron chi connectivity index (χ3n) is 8.64. The van der Waals surface area contributed by atoms with Gasteiger partial charge in [-0.3, -0.25) is 14.6 Å². The highest BCUT2D eigenvalue weighted by molar-refractivity contribution is 5.93. The Labute approximate surface area is 190 Å². The number of aryl methyl sites for hydroxylation is 3. The lowest BCUT2D eigenvalue weighted by atomic mass is 9.57. The number of pyridine rings is 2. The Morgan fingerprint density at radius 3 is 2.53 bits per heavy atom. The van der Waals surface area contributed by atoms with E-state index in [9.17, 15) is 0 Å². The number of rotatable bonds is 3. The van der Waals surface area contributed by atoms with Gasteiger partial charge in [-0.15, -0.1) is 0 Å². The van der Waals surface area contributed by atoms with E-state index in [-0.39, 0.29) is 5.54 Å². The van der Waals surface area contributed by atoms with Crippen LogP contribution in [0.5, 0.6) is 0 Å². The van der Waals surface area contributed by atoms with E-state index in [0.29, 0.717) is 5.41 Å². The van der Waals surface area contributed by atoms with Crippen molar-refractivity contribution >= 4 is 16.6 Å². The maximum absolute atomic E-state index is 6.56. The molecule has 6 heteroatoms. The van der Waals surface area contributed by atoms with Crippen LogP contribution in [0.1, 0.15) is 66.9 Å². The average Bonchev–Trinajstić information content (AvgIpc) is 3.09. The number of hydrogen-bond donors (Lipinski definition) is 1. The second kappa shape index (κ2) is 7.01. The second-order valence-corrected chi connectivity index (χ2v) is 10.8. The molecule has 32 heavy (non-hydrogen) atoms. The van der Waals surface area contributed by atoms with Crippen molar-refractivity contribution in [2.24, 2.45) is 11.1 Å². The molecule has 168 valence electrons. The van der Waals surface area contributed by atoms with Gasteiger partial charge < -0.3 is 10.6 Å². The van der Waals surface area contributed by atoms with Crippen LogP contribution >= 0.6 is 0 Å². The molecule has 0 saturated heterocycles. The molecule has 4 aliphatic rings. The summed E-state index contributed by atoms with van der Waals surface area (Å²) < 4.78 is 2.38. The number of nitrogens with two attached hydrogens (primary N) is 1. The summed E-state index contributed by atoms with van der Waals surface area (Å²) >= 11 is 0. The first kappa shape index (κ1) is 20.2. The summed E-state index contributed by atoms with van der Waals surface area (Å²) in [6.07, 6.45) is 10.3.